The van der Waals surface area contributed by atoms with Crippen molar-refractivity contribution in [2.45, 2.75) is 13.1 Å². The molecule has 4 nitrogen and oxygen atoms in total. The largest absolute Gasteiger partial charge is 0.356 e. The van der Waals surface area contributed by atoms with E-state index < -0.39 is 0 Å². The van der Waals surface area contributed by atoms with Gasteiger partial charge in [-0.1, -0.05) is 24.3 Å². The molecule has 0 radical (unpaired) electrons. The molecule has 0 fully saturated rings. The zero-order valence-electron chi connectivity index (χ0n) is 12.9. The first-order valence-corrected chi connectivity index (χ1v) is 8.21. The molecule has 0 saturated carbocycles. The van der Waals surface area contributed by atoms with Crippen LogP contribution in [0.3, 0.4) is 0 Å². The zero-order valence-corrected chi connectivity index (χ0v) is 13.8. The SMILES string of the molecule is CN=C(NCCSC)NCc1ccc(CN(C)C)cc1. The highest BCUT2D eigenvalue weighted by atomic mass is 32.2. The summed E-state index contributed by atoms with van der Waals surface area (Å²) in [6.07, 6.45) is 2.10. The standard InChI is InChI=1S/C15H26N4S/c1-16-15(17-9-10-20-4)18-11-13-5-7-14(8-6-13)12-19(2)3/h5-8H,9-12H2,1-4H3,(H2,16,17,18). The van der Waals surface area contributed by atoms with Crippen molar-refractivity contribution in [1.82, 2.24) is 15.5 Å². The monoisotopic (exact) mass is 294 g/mol. The van der Waals surface area contributed by atoms with Crippen LogP contribution in [-0.2, 0) is 13.1 Å². The van der Waals surface area contributed by atoms with Gasteiger partial charge in [-0.2, -0.15) is 11.8 Å². The number of aliphatic imine (C=N–C) groups is 1. The van der Waals surface area contributed by atoms with E-state index in [-0.39, 0.29) is 0 Å². The molecular weight excluding hydrogens is 268 g/mol. The number of rotatable bonds is 7. The summed E-state index contributed by atoms with van der Waals surface area (Å²) in [6.45, 7) is 2.70. The molecule has 112 valence electrons. The molecule has 5 heteroatoms. The van der Waals surface area contributed by atoms with Crippen molar-refractivity contribution in [2.75, 3.05) is 39.7 Å². The summed E-state index contributed by atoms with van der Waals surface area (Å²) >= 11 is 1.83. The predicted octanol–water partition coefficient (Wildman–Crippen LogP) is 1.78. The Morgan fingerprint density at radius 3 is 2.35 bits per heavy atom. The highest BCUT2D eigenvalue weighted by molar-refractivity contribution is 7.98. The third-order valence-electron chi connectivity index (χ3n) is 2.80. The lowest BCUT2D eigenvalue weighted by Gasteiger charge is -2.12. The Hall–Kier alpha value is -1.20. The van der Waals surface area contributed by atoms with Gasteiger partial charge >= 0.3 is 0 Å². The maximum absolute atomic E-state index is 4.21. The minimum atomic E-state index is 0.793. The van der Waals surface area contributed by atoms with E-state index in [1.54, 1.807) is 7.05 Å². The fourth-order valence-corrected chi connectivity index (χ4v) is 2.11. The van der Waals surface area contributed by atoms with Crippen LogP contribution < -0.4 is 10.6 Å². The second kappa shape index (κ2) is 9.66. The zero-order chi connectivity index (χ0) is 14.8. The molecule has 1 aromatic rings. The van der Waals surface area contributed by atoms with Crippen LogP contribution in [-0.4, -0.2) is 50.6 Å². The average molecular weight is 294 g/mol. The summed E-state index contributed by atoms with van der Waals surface area (Å²) in [6, 6.07) is 8.70. The van der Waals surface area contributed by atoms with Crippen molar-refractivity contribution in [2.24, 2.45) is 4.99 Å². The number of nitrogens with zero attached hydrogens (tertiary/aromatic N) is 2. The Morgan fingerprint density at radius 1 is 1.15 bits per heavy atom. The summed E-state index contributed by atoms with van der Waals surface area (Å²) in [5.41, 5.74) is 2.60. The van der Waals surface area contributed by atoms with Crippen molar-refractivity contribution in [1.29, 1.82) is 0 Å². The average Bonchev–Trinajstić information content (AvgIpc) is 2.43. The highest BCUT2D eigenvalue weighted by Crippen LogP contribution is 2.05. The van der Waals surface area contributed by atoms with Crippen molar-refractivity contribution in [3.8, 4) is 0 Å². The van der Waals surface area contributed by atoms with Gasteiger partial charge in [-0.3, -0.25) is 4.99 Å². The Kier molecular flexibility index (Phi) is 8.14. The molecule has 0 atom stereocenters. The van der Waals surface area contributed by atoms with E-state index in [0.29, 0.717) is 0 Å². The molecule has 0 bridgehead atoms. The summed E-state index contributed by atoms with van der Waals surface area (Å²) in [5.74, 6) is 1.94. The molecule has 1 rings (SSSR count). The summed E-state index contributed by atoms with van der Waals surface area (Å²) in [7, 11) is 5.97. The number of benzene rings is 1. The van der Waals surface area contributed by atoms with Crippen LogP contribution in [0.2, 0.25) is 0 Å². The Labute approximate surface area is 127 Å². The minimum absolute atomic E-state index is 0.793. The Bertz CT molecular complexity index is 401. The van der Waals surface area contributed by atoms with Crippen molar-refractivity contribution in [3.63, 3.8) is 0 Å². The molecule has 0 aliphatic rings. The third kappa shape index (κ3) is 6.82. The lowest BCUT2D eigenvalue weighted by atomic mass is 10.1. The molecule has 2 N–H and O–H groups in total. The fourth-order valence-electron chi connectivity index (χ4n) is 1.81. The number of hydrogen-bond donors (Lipinski definition) is 2. The van der Waals surface area contributed by atoms with E-state index in [0.717, 1.165) is 31.3 Å². The Balaban J connectivity index is 2.40. The van der Waals surface area contributed by atoms with Gasteiger partial charge in [0.25, 0.3) is 0 Å². The van der Waals surface area contributed by atoms with Crippen LogP contribution in [0.5, 0.6) is 0 Å². The van der Waals surface area contributed by atoms with Gasteiger partial charge in [0.15, 0.2) is 5.96 Å². The van der Waals surface area contributed by atoms with Gasteiger partial charge in [-0.15, -0.1) is 0 Å². The van der Waals surface area contributed by atoms with Crippen LogP contribution in [0, 0.1) is 0 Å². The van der Waals surface area contributed by atoms with Crippen LogP contribution in [0.4, 0.5) is 0 Å². The fraction of sp³-hybridized carbons (Fsp3) is 0.533. The van der Waals surface area contributed by atoms with E-state index in [1.165, 1.54) is 11.1 Å². The third-order valence-corrected chi connectivity index (χ3v) is 3.42. The van der Waals surface area contributed by atoms with Gasteiger partial charge in [0, 0.05) is 32.4 Å². The lowest BCUT2D eigenvalue weighted by Crippen LogP contribution is -2.37. The molecule has 0 aromatic heterocycles. The van der Waals surface area contributed by atoms with E-state index >= 15 is 0 Å². The molecule has 0 aliphatic carbocycles. The second-order valence-corrected chi connectivity index (χ2v) is 5.89. The van der Waals surface area contributed by atoms with Crippen LogP contribution in [0.1, 0.15) is 11.1 Å². The lowest BCUT2D eigenvalue weighted by molar-refractivity contribution is 0.402. The summed E-state index contributed by atoms with van der Waals surface area (Å²) in [4.78, 5) is 6.38. The molecule has 0 unspecified atom stereocenters. The molecule has 20 heavy (non-hydrogen) atoms. The van der Waals surface area contributed by atoms with Crippen LogP contribution in [0.25, 0.3) is 0 Å². The van der Waals surface area contributed by atoms with Crippen LogP contribution in [0.15, 0.2) is 29.3 Å². The normalized spacial score (nSPS) is 11.8. The minimum Gasteiger partial charge on any atom is -0.356 e. The molecule has 0 aliphatic heterocycles. The molecule has 0 heterocycles. The molecule has 1 aromatic carbocycles. The quantitative estimate of drug-likeness (QED) is 0.457. The second-order valence-electron chi connectivity index (χ2n) is 4.90. The maximum atomic E-state index is 4.21. The van der Waals surface area contributed by atoms with Gasteiger partial charge in [0.2, 0.25) is 0 Å². The smallest absolute Gasteiger partial charge is 0.191 e. The number of guanidine groups is 1. The van der Waals surface area contributed by atoms with Gasteiger partial charge < -0.3 is 15.5 Å². The molecule has 0 saturated heterocycles. The van der Waals surface area contributed by atoms with Gasteiger partial charge in [0.1, 0.15) is 0 Å². The molecule has 0 amide bonds. The van der Waals surface area contributed by atoms with Gasteiger partial charge in [0.05, 0.1) is 0 Å². The first-order chi connectivity index (χ1) is 9.65. The first-order valence-electron chi connectivity index (χ1n) is 6.81. The number of nitrogens with one attached hydrogen (secondary N) is 2. The van der Waals surface area contributed by atoms with E-state index in [2.05, 4.69) is 65.1 Å². The van der Waals surface area contributed by atoms with E-state index in [4.69, 9.17) is 0 Å². The van der Waals surface area contributed by atoms with Crippen molar-refractivity contribution >= 4 is 17.7 Å². The first kappa shape index (κ1) is 16.9. The predicted molar refractivity (Wildman–Crippen MR) is 90.4 cm³/mol. The highest BCUT2D eigenvalue weighted by Gasteiger charge is 1.99. The molecule has 0 spiro atoms. The van der Waals surface area contributed by atoms with Crippen molar-refractivity contribution in [3.05, 3.63) is 35.4 Å². The van der Waals surface area contributed by atoms with E-state index in [1.807, 2.05) is 11.8 Å². The Morgan fingerprint density at radius 2 is 1.80 bits per heavy atom. The van der Waals surface area contributed by atoms with E-state index in [9.17, 15) is 0 Å². The van der Waals surface area contributed by atoms with Crippen LogP contribution >= 0.6 is 11.8 Å². The molecular formula is C15H26N4S. The number of hydrogen-bond acceptors (Lipinski definition) is 3. The van der Waals surface area contributed by atoms with Gasteiger partial charge in [-0.05, 0) is 31.5 Å². The number of thioether (sulfide) groups is 1. The topological polar surface area (TPSA) is 39.7 Å². The summed E-state index contributed by atoms with van der Waals surface area (Å²) in [5, 5.41) is 6.61. The summed E-state index contributed by atoms with van der Waals surface area (Å²) < 4.78 is 0. The van der Waals surface area contributed by atoms with Gasteiger partial charge in [-0.25, -0.2) is 0 Å². The van der Waals surface area contributed by atoms with Crippen molar-refractivity contribution < 1.29 is 0 Å². The maximum Gasteiger partial charge on any atom is 0.191 e.